The first-order chi connectivity index (χ1) is 8.13. The predicted octanol–water partition coefficient (Wildman–Crippen LogP) is 0.749. The quantitative estimate of drug-likeness (QED) is 0.765. The molecule has 1 aliphatic heterocycles. The number of rotatable bonds is 3. The molecule has 2 N–H and O–H groups in total. The molecule has 0 aromatic rings. The normalized spacial score (nSPS) is 29.2. The second-order valence-corrected chi connectivity index (χ2v) is 5.62. The SMILES string of the molecule is CNC(=O)C1CCCN(CC2(O)CCCC2)C1. The molecular weight excluding hydrogens is 216 g/mol. The lowest BCUT2D eigenvalue weighted by molar-refractivity contribution is -0.126. The lowest BCUT2D eigenvalue weighted by atomic mass is 9.94. The highest BCUT2D eigenvalue weighted by atomic mass is 16.3. The van der Waals surface area contributed by atoms with Gasteiger partial charge in [0.2, 0.25) is 5.91 Å². The third-order valence-corrected chi connectivity index (χ3v) is 4.17. The van der Waals surface area contributed by atoms with E-state index in [0.717, 1.165) is 58.2 Å². The van der Waals surface area contributed by atoms with E-state index in [9.17, 15) is 9.90 Å². The summed E-state index contributed by atoms with van der Waals surface area (Å²) in [6, 6.07) is 0. The van der Waals surface area contributed by atoms with Gasteiger partial charge in [0.15, 0.2) is 0 Å². The summed E-state index contributed by atoms with van der Waals surface area (Å²) < 4.78 is 0. The number of likely N-dealkylation sites (tertiary alicyclic amines) is 1. The van der Waals surface area contributed by atoms with Gasteiger partial charge in [0.05, 0.1) is 11.5 Å². The second-order valence-electron chi connectivity index (χ2n) is 5.62. The average Bonchev–Trinajstić information content (AvgIpc) is 2.75. The molecule has 98 valence electrons. The minimum absolute atomic E-state index is 0.110. The van der Waals surface area contributed by atoms with Crippen molar-refractivity contribution in [3.8, 4) is 0 Å². The summed E-state index contributed by atoms with van der Waals surface area (Å²) in [4.78, 5) is 13.9. The fraction of sp³-hybridized carbons (Fsp3) is 0.923. The van der Waals surface area contributed by atoms with E-state index in [1.807, 2.05) is 0 Å². The highest BCUT2D eigenvalue weighted by molar-refractivity contribution is 5.78. The topological polar surface area (TPSA) is 52.6 Å². The zero-order valence-electron chi connectivity index (χ0n) is 10.7. The van der Waals surface area contributed by atoms with Crippen molar-refractivity contribution in [3.63, 3.8) is 0 Å². The molecule has 1 saturated carbocycles. The average molecular weight is 240 g/mol. The first kappa shape index (κ1) is 12.8. The third kappa shape index (κ3) is 3.19. The largest absolute Gasteiger partial charge is 0.389 e. The number of amides is 1. The van der Waals surface area contributed by atoms with Crippen LogP contribution in [0.15, 0.2) is 0 Å². The maximum atomic E-state index is 11.6. The third-order valence-electron chi connectivity index (χ3n) is 4.17. The first-order valence-corrected chi connectivity index (χ1v) is 6.79. The van der Waals surface area contributed by atoms with Gasteiger partial charge < -0.3 is 10.4 Å². The molecule has 2 rings (SSSR count). The Morgan fingerprint density at radius 3 is 2.76 bits per heavy atom. The van der Waals surface area contributed by atoms with E-state index in [-0.39, 0.29) is 11.8 Å². The number of aliphatic hydroxyl groups is 1. The molecule has 1 saturated heterocycles. The van der Waals surface area contributed by atoms with Crippen LogP contribution in [0.25, 0.3) is 0 Å². The Kier molecular flexibility index (Phi) is 4.05. The molecule has 4 nitrogen and oxygen atoms in total. The van der Waals surface area contributed by atoms with E-state index in [1.165, 1.54) is 0 Å². The van der Waals surface area contributed by atoms with Crippen LogP contribution >= 0.6 is 0 Å². The lowest BCUT2D eigenvalue weighted by Crippen LogP contribution is -2.48. The van der Waals surface area contributed by atoms with Crippen LogP contribution in [0.1, 0.15) is 38.5 Å². The summed E-state index contributed by atoms with van der Waals surface area (Å²) in [7, 11) is 1.70. The Hall–Kier alpha value is -0.610. The van der Waals surface area contributed by atoms with Gasteiger partial charge in [-0.2, -0.15) is 0 Å². The number of nitrogens with one attached hydrogen (secondary N) is 1. The van der Waals surface area contributed by atoms with E-state index in [4.69, 9.17) is 0 Å². The van der Waals surface area contributed by atoms with Crippen molar-refractivity contribution in [2.45, 2.75) is 44.1 Å². The summed E-state index contributed by atoms with van der Waals surface area (Å²) in [5.41, 5.74) is -0.482. The van der Waals surface area contributed by atoms with Crippen LogP contribution in [0.5, 0.6) is 0 Å². The fourth-order valence-corrected chi connectivity index (χ4v) is 3.22. The highest BCUT2D eigenvalue weighted by Crippen LogP contribution is 2.31. The minimum atomic E-state index is -0.482. The number of β-amino-alcohol motifs (C(OH)–C–C–N with tert-alkyl or cyclic N) is 1. The molecule has 1 unspecified atom stereocenters. The summed E-state index contributed by atoms with van der Waals surface area (Å²) >= 11 is 0. The number of carbonyl (C=O) groups is 1. The highest BCUT2D eigenvalue weighted by Gasteiger charge is 2.35. The van der Waals surface area contributed by atoms with Crippen molar-refractivity contribution < 1.29 is 9.90 Å². The number of piperidine rings is 1. The van der Waals surface area contributed by atoms with Gasteiger partial charge >= 0.3 is 0 Å². The molecule has 0 bridgehead atoms. The Balaban J connectivity index is 1.86. The molecular formula is C13H24N2O2. The monoisotopic (exact) mass is 240 g/mol. The Bertz CT molecular complexity index is 275. The Labute approximate surface area is 103 Å². The van der Waals surface area contributed by atoms with E-state index < -0.39 is 5.60 Å². The smallest absolute Gasteiger partial charge is 0.224 e. The van der Waals surface area contributed by atoms with Gasteiger partial charge in [-0.25, -0.2) is 0 Å². The molecule has 0 aromatic heterocycles. The minimum Gasteiger partial charge on any atom is -0.389 e. The van der Waals surface area contributed by atoms with Crippen LogP contribution in [0.4, 0.5) is 0 Å². The fourth-order valence-electron chi connectivity index (χ4n) is 3.22. The van der Waals surface area contributed by atoms with Crippen molar-refractivity contribution in [1.29, 1.82) is 0 Å². The predicted molar refractivity (Wildman–Crippen MR) is 66.6 cm³/mol. The van der Waals surface area contributed by atoms with Gasteiger partial charge in [0.1, 0.15) is 0 Å². The lowest BCUT2D eigenvalue weighted by Gasteiger charge is -2.36. The number of carbonyl (C=O) groups excluding carboxylic acids is 1. The van der Waals surface area contributed by atoms with Gasteiger partial charge in [-0.05, 0) is 32.2 Å². The summed E-state index contributed by atoms with van der Waals surface area (Å²) in [6.45, 7) is 2.58. The van der Waals surface area contributed by atoms with Crippen LogP contribution in [0.3, 0.4) is 0 Å². The first-order valence-electron chi connectivity index (χ1n) is 6.79. The van der Waals surface area contributed by atoms with Crippen LogP contribution < -0.4 is 5.32 Å². The summed E-state index contributed by atoms with van der Waals surface area (Å²) in [6.07, 6.45) is 6.18. The molecule has 1 heterocycles. The summed E-state index contributed by atoms with van der Waals surface area (Å²) in [5, 5.41) is 13.1. The molecule has 4 heteroatoms. The Morgan fingerprint density at radius 2 is 2.12 bits per heavy atom. The summed E-state index contributed by atoms with van der Waals surface area (Å²) in [5.74, 6) is 0.256. The molecule has 2 fully saturated rings. The maximum Gasteiger partial charge on any atom is 0.224 e. The van der Waals surface area contributed by atoms with Gasteiger partial charge in [-0.3, -0.25) is 9.69 Å². The number of hydrogen-bond acceptors (Lipinski definition) is 3. The number of nitrogens with zero attached hydrogens (tertiary/aromatic N) is 1. The molecule has 17 heavy (non-hydrogen) atoms. The van der Waals surface area contributed by atoms with Gasteiger partial charge in [0.25, 0.3) is 0 Å². The van der Waals surface area contributed by atoms with Crippen LogP contribution in [0.2, 0.25) is 0 Å². The molecule has 1 atom stereocenters. The van der Waals surface area contributed by atoms with Gasteiger partial charge in [0, 0.05) is 20.1 Å². The van der Waals surface area contributed by atoms with E-state index in [1.54, 1.807) is 7.05 Å². The Morgan fingerprint density at radius 1 is 1.41 bits per heavy atom. The van der Waals surface area contributed by atoms with Gasteiger partial charge in [-0.1, -0.05) is 12.8 Å². The number of hydrogen-bond donors (Lipinski definition) is 2. The van der Waals surface area contributed by atoms with Crippen LogP contribution in [-0.4, -0.2) is 48.2 Å². The van der Waals surface area contributed by atoms with Crippen molar-refractivity contribution in [2.24, 2.45) is 5.92 Å². The van der Waals surface area contributed by atoms with E-state index >= 15 is 0 Å². The van der Waals surface area contributed by atoms with Crippen LogP contribution in [0, 0.1) is 5.92 Å². The molecule has 0 aromatic carbocycles. The molecule has 1 aliphatic carbocycles. The zero-order valence-corrected chi connectivity index (χ0v) is 10.7. The van der Waals surface area contributed by atoms with Gasteiger partial charge in [-0.15, -0.1) is 0 Å². The van der Waals surface area contributed by atoms with Crippen molar-refractivity contribution in [1.82, 2.24) is 10.2 Å². The van der Waals surface area contributed by atoms with E-state index in [2.05, 4.69) is 10.2 Å². The van der Waals surface area contributed by atoms with Crippen molar-refractivity contribution in [2.75, 3.05) is 26.7 Å². The van der Waals surface area contributed by atoms with Crippen molar-refractivity contribution in [3.05, 3.63) is 0 Å². The molecule has 0 radical (unpaired) electrons. The standard InChI is InChI=1S/C13H24N2O2/c1-14-12(16)11-5-4-8-15(9-11)10-13(17)6-2-3-7-13/h11,17H,2-10H2,1H3,(H,14,16). The molecule has 0 spiro atoms. The molecule has 1 amide bonds. The van der Waals surface area contributed by atoms with Crippen LogP contribution in [-0.2, 0) is 4.79 Å². The van der Waals surface area contributed by atoms with Crippen molar-refractivity contribution >= 4 is 5.91 Å². The second kappa shape index (κ2) is 5.36. The molecule has 2 aliphatic rings. The maximum absolute atomic E-state index is 11.6. The zero-order chi connectivity index (χ0) is 12.3. The van der Waals surface area contributed by atoms with E-state index in [0.29, 0.717) is 0 Å².